The molecule has 1 heterocycles. The highest BCUT2D eigenvalue weighted by atomic mass is 127. The van der Waals surface area contributed by atoms with E-state index in [1.54, 1.807) is 18.1 Å². The van der Waals surface area contributed by atoms with E-state index in [4.69, 9.17) is 16.3 Å². The highest BCUT2D eigenvalue weighted by Crippen LogP contribution is 2.45. The molecule has 5 rings (SSSR count). The van der Waals surface area contributed by atoms with Gasteiger partial charge in [-0.25, -0.2) is 0 Å². The van der Waals surface area contributed by atoms with Crippen LogP contribution in [0.3, 0.4) is 0 Å². The summed E-state index contributed by atoms with van der Waals surface area (Å²) >= 11 is 8.91. The van der Waals surface area contributed by atoms with Gasteiger partial charge in [-0.1, -0.05) is 64.5 Å². The first-order valence-corrected chi connectivity index (χ1v) is 13.5. The van der Waals surface area contributed by atoms with E-state index in [2.05, 4.69) is 40.8 Å². The number of hydrogen-bond donors (Lipinski definition) is 0. The van der Waals surface area contributed by atoms with Crippen LogP contribution in [0.1, 0.15) is 44.1 Å². The fraction of sp³-hybridized carbons (Fsp3) is 0.138. The van der Waals surface area contributed by atoms with Crippen LogP contribution in [0.5, 0.6) is 5.75 Å². The molecule has 1 aliphatic heterocycles. The number of nitrogens with zero attached hydrogens (tertiary/aromatic N) is 2. The second-order valence-corrected chi connectivity index (χ2v) is 9.93. The predicted octanol–water partition coefficient (Wildman–Crippen LogP) is 7.53. The Balaban J connectivity index is 1.74. The van der Waals surface area contributed by atoms with E-state index in [0.29, 0.717) is 22.9 Å². The van der Waals surface area contributed by atoms with Gasteiger partial charge in [0.1, 0.15) is 5.75 Å². The minimum absolute atomic E-state index is 0.0647. The second-order valence-electron chi connectivity index (χ2n) is 8.73. The number of rotatable bonds is 5. The van der Waals surface area contributed by atoms with Crippen LogP contribution in [0.2, 0.25) is 5.02 Å². The summed E-state index contributed by atoms with van der Waals surface area (Å²) < 4.78 is 6.36. The first kappa shape index (κ1) is 25.2. The van der Waals surface area contributed by atoms with E-state index in [-0.39, 0.29) is 17.5 Å². The molecular weight excluding hydrogens is 603 g/mol. The number of benzene rings is 4. The molecular formula is C29H22ClIN2O4. The largest absolute Gasteiger partial charge is 0.497 e. The van der Waals surface area contributed by atoms with E-state index in [0.717, 1.165) is 32.4 Å². The molecule has 0 saturated heterocycles. The molecule has 0 bridgehead atoms. The minimum Gasteiger partial charge on any atom is -0.497 e. The Morgan fingerprint density at radius 2 is 1.78 bits per heavy atom. The Hall–Kier alpha value is -3.43. The maximum atomic E-state index is 13.9. The van der Waals surface area contributed by atoms with Crippen LogP contribution < -0.4 is 9.64 Å². The van der Waals surface area contributed by atoms with Crippen molar-refractivity contribution in [3.8, 4) is 5.75 Å². The van der Waals surface area contributed by atoms with Crippen LogP contribution in [0, 0.1) is 10.1 Å². The second kappa shape index (κ2) is 10.5. The molecule has 0 aliphatic carbocycles. The van der Waals surface area contributed by atoms with Gasteiger partial charge >= 0.3 is 0 Å². The summed E-state index contributed by atoms with van der Waals surface area (Å²) in [5.41, 5.74) is 6.34. The van der Waals surface area contributed by atoms with Crippen LogP contribution in [0.25, 0.3) is 0 Å². The Morgan fingerprint density at radius 1 is 1.03 bits per heavy atom. The lowest BCUT2D eigenvalue weighted by Crippen LogP contribution is -2.30. The molecule has 37 heavy (non-hydrogen) atoms. The first-order chi connectivity index (χ1) is 17.9. The van der Waals surface area contributed by atoms with Crippen LogP contribution in [-0.4, -0.2) is 17.9 Å². The summed E-state index contributed by atoms with van der Waals surface area (Å²) in [6.45, 7) is 0.305. The summed E-state index contributed by atoms with van der Waals surface area (Å²) in [7, 11) is 1.62. The number of alkyl halides is 1. The van der Waals surface area contributed by atoms with Gasteiger partial charge in [0, 0.05) is 38.8 Å². The molecule has 8 heteroatoms. The SMILES string of the molecule is COc1ccc2c(c1)CN(C(=O)c1ccc([N+](=O)[O-])cc1)c1ccc(Cl)cc1C2c1ccccc1CI. The Labute approximate surface area is 233 Å². The molecule has 186 valence electrons. The van der Waals surface area contributed by atoms with Gasteiger partial charge in [-0.15, -0.1) is 0 Å². The minimum atomic E-state index is -0.477. The van der Waals surface area contributed by atoms with E-state index >= 15 is 0 Å². The van der Waals surface area contributed by atoms with Gasteiger partial charge < -0.3 is 9.64 Å². The highest BCUT2D eigenvalue weighted by molar-refractivity contribution is 14.1. The smallest absolute Gasteiger partial charge is 0.269 e. The number of non-ortho nitro benzene ring substituents is 1. The van der Waals surface area contributed by atoms with Gasteiger partial charge in [0.2, 0.25) is 0 Å². The summed E-state index contributed by atoms with van der Waals surface area (Å²) in [5.74, 6) is 0.289. The molecule has 0 N–H and O–H groups in total. The fourth-order valence-corrected chi connectivity index (χ4v) is 5.76. The number of halogens is 2. The first-order valence-electron chi connectivity index (χ1n) is 11.6. The summed E-state index contributed by atoms with van der Waals surface area (Å²) in [6.07, 6.45) is 0. The molecule has 0 spiro atoms. The van der Waals surface area contributed by atoms with Crippen molar-refractivity contribution in [2.24, 2.45) is 0 Å². The van der Waals surface area contributed by atoms with E-state index in [9.17, 15) is 14.9 Å². The molecule has 1 amide bonds. The van der Waals surface area contributed by atoms with Crippen molar-refractivity contribution in [2.45, 2.75) is 16.9 Å². The van der Waals surface area contributed by atoms with Crippen LogP contribution >= 0.6 is 34.2 Å². The quantitative estimate of drug-likeness (QED) is 0.0996. The number of methoxy groups -OCH3 is 1. The van der Waals surface area contributed by atoms with Gasteiger partial charge in [-0.05, 0) is 70.3 Å². The maximum absolute atomic E-state index is 13.9. The zero-order valence-electron chi connectivity index (χ0n) is 19.9. The van der Waals surface area contributed by atoms with Gasteiger partial charge in [0.15, 0.2) is 0 Å². The summed E-state index contributed by atoms with van der Waals surface area (Å²) in [4.78, 5) is 26.3. The normalized spacial score (nSPS) is 14.4. The number of fused-ring (bicyclic) bond motifs is 2. The van der Waals surface area contributed by atoms with Gasteiger partial charge in [-0.2, -0.15) is 0 Å². The molecule has 1 aliphatic rings. The average molecular weight is 625 g/mol. The Morgan fingerprint density at radius 3 is 2.49 bits per heavy atom. The van der Waals surface area contributed by atoms with Gasteiger partial charge in [0.05, 0.1) is 18.6 Å². The Bertz CT molecular complexity index is 1510. The number of ether oxygens (including phenoxy) is 1. The molecule has 4 aromatic rings. The average Bonchev–Trinajstić information content (AvgIpc) is 3.06. The number of anilines is 1. The van der Waals surface area contributed by atoms with Gasteiger partial charge in [0.25, 0.3) is 11.6 Å². The van der Waals surface area contributed by atoms with E-state index in [1.165, 1.54) is 29.8 Å². The third kappa shape index (κ3) is 4.81. The molecule has 6 nitrogen and oxygen atoms in total. The van der Waals surface area contributed by atoms with Crippen LogP contribution in [0.15, 0.2) is 84.9 Å². The number of nitro benzene ring substituents is 1. The van der Waals surface area contributed by atoms with Gasteiger partial charge in [-0.3, -0.25) is 14.9 Å². The lowest BCUT2D eigenvalue weighted by Gasteiger charge is -2.25. The molecule has 0 radical (unpaired) electrons. The number of carbonyl (C=O) groups excluding carboxylic acids is 1. The number of carbonyl (C=O) groups is 1. The lowest BCUT2D eigenvalue weighted by atomic mass is 9.81. The molecule has 1 atom stereocenters. The Kier molecular flexibility index (Phi) is 7.17. The van der Waals surface area contributed by atoms with Crippen molar-refractivity contribution in [2.75, 3.05) is 12.0 Å². The third-order valence-electron chi connectivity index (χ3n) is 6.66. The number of hydrogen-bond acceptors (Lipinski definition) is 4. The summed E-state index contributed by atoms with van der Waals surface area (Å²) in [6, 6.07) is 25.6. The van der Waals surface area contributed by atoms with Crippen LogP contribution in [0.4, 0.5) is 11.4 Å². The standard InChI is InChI=1S/C29H22ClIN2O4/c1-37-23-11-12-25-20(14-23)17-32(29(34)18-6-9-22(10-7-18)33(35)36)27-13-8-21(30)15-26(27)28(25)24-5-3-2-4-19(24)16-31/h2-15,28H,16-17H2,1H3. The molecule has 0 fully saturated rings. The lowest BCUT2D eigenvalue weighted by molar-refractivity contribution is -0.384. The monoisotopic (exact) mass is 624 g/mol. The van der Waals surface area contributed by atoms with Crippen LogP contribution in [-0.2, 0) is 11.0 Å². The van der Waals surface area contributed by atoms with Crippen molar-refractivity contribution in [1.29, 1.82) is 0 Å². The zero-order chi connectivity index (χ0) is 26.1. The highest BCUT2D eigenvalue weighted by Gasteiger charge is 2.33. The molecule has 1 unspecified atom stereocenters. The van der Waals surface area contributed by atoms with Crippen molar-refractivity contribution < 1.29 is 14.5 Å². The van der Waals surface area contributed by atoms with Crippen molar-refractivity contribution in [3.63, 3.8) is 0 Å². The molecule has 0 aromatic heterocycles. The molecule has 4 aromatic carbocycles. The fourth-order valence-electron chi connectivity index (χ4n) is 4.89. The summed E-state index contributed by atoms with van der Waals surface area (Å²) in [5, 5.41) is 11.7. The van der Waals surface area contributed by atoms with E-state index in [1.807, 2.05) is 36.4 Å². The predicted molar refractivity (Wildman–Crippen MR) is 153 cm³/mol. The number of nitro groups is 1. The topological polar surface area (TPSA) is 72.7 Å². The van der Waals surface area contributed by atoms with Crippen molar-refractivity contribution in [3.05, 3.63) is 133 Å². The van der Waals surface area contributed by atoms with E-state index < -0.39 is 4.92 Å². The third-order valence-corrected chi connectivity index (χ3v) is 7.72. The van der Waals surface area contributed by atoms with Crippen molar-refractivity contribution >= 4 is 51.5 Å². The maximum Gasteiger partial charge on any atom is 0.269 e. The zero-order valence-corrected chi connectivity index (χ0v) is 22.8. The molecule has 0 saturated carbocycles. The van der Waals surface area contributed by atoms with Crippen molar-refractivity contribution in [1.82, 2.24) is 0 Å². The number of amides is 1.